The predicted octanol–water partition coefficient (Wildman–Crippen LogP) is 4.47. The van der Waals surface area contributed by atoms with Gasteiger partial charge in [-0.3, -0.25) is 24.8 Å². The van der Waals surface area contributed by atoms with Crippen molar-refractivity contribution >= 4 is 38.3 Å². The third-order valence-electron chi connectivity index (χ3n) is 5.06. The van der Waals surface area contributed by atoms with Crippen LogP contribution in [0.1, 0.15) is 15.9 Å². The molecule has 4 aromatic rings. The molecule has 0 unspecified atom stereocenters. The van der Waals surface area contributed by atoms with E-state index < -0.39 is 16.5 Å². The molecule has 0 N–H and O–H groups in total. The summed E-state index contributed by atoms with van der Waals surface area (Å²) >= 11 is 1.28. The quantitative estimate of drug-likeness (QED) is 0.268. The molecule has 174 valence electrons. The van der Waals surface area contributed by atoms with Crippen molar-refractivity contribution in [2.45, 2.75) is 6.54 Å². The van der Waals surface area contributed by atoms with Gasteiger partial charge in [-0.25, -0.2) is 4.98 Å². The Morgan fingerprint density at radius 1 is 1.06 bits per heavy atom. The van der Waals surface area contributed by atoms with Gasteiger partial charge in [0.2, 0.25) is 0 Å². The maximum Gasteiger partial charge on any atom is 0.286 e. The zero-order chi connectivity index (χ0) is 24.2. The Hall–Kier alpha value is -4.25. The van der Waals surface area contributed by atoms with Crippen molar-refractivity contribution in [1.82, 2.24) is 9.97 Å². The molecule has 2 aromatic heterocycles. The summed E-state index contributed by atoms with van der Waals surface area (Å²) in [5.74, 6) is 0.290. The molecule has 1 amide bonds. The number of fused-ring (bicyclic) bond motifs is 1. The van der Waals surface area contributed by atoms with Gasteiger partial charge in [0.15, 0.2) is 16.6 Å². The molecule has 0 saturated carbocycles. The highest BCUT2D eigenvalue weighted by Crippen LogP contribution is 2.38. The van der Waals surface area contributed by atoms with Crippen molar-refractivity contribution in [1.29, 1.82) is 0 Å². The summed E-state index contributed by atoms with van der Waals surface area (Å²) < 4.78 is 16.7. The number of rotatable bonds is 8. The molecule has 0 bridgehead atoms. The van der Waals surface area contributed by atoms with Gasteiger partial charge in [0, 0.05) is 18.5 Å². The summed E-state index contributed by atoms with van der Waals surface area (Å²) in [4.78, 5) is 35.1. The van der Waals surface area contributed by atoms with E-state index in [0.29, 0.717) is 16.4 Å². The minimum Gasteiger partial charge on any atom is -0.494 e. The van der Waals surface area contributed by atoms with Crippen LogP contribution in [0.5, 0.6) is 17.2 Å². The molecule has 10 nitrogen and oxygen atoms in total. The second-order valence-electron chi connectivity index (χ2n) is 7.04. The Kier molecular flexibility index (Phi) is 6.55. The van der Waals surface area contributed by atoms with Crippen molar-refractivity contribution in [3.8, 4) is 17.2 Å². The van der Waals surface area contributed by atoms with Gasteiger partial charge in [0.25, 0.3) is 11.6 Å². The van der Waals surface area contributed by atoms with Crippen LogP contribution in [0.3, 0.4) is 0 Å². The predicted molar refractivity (Wildman–Crippen MR) is 127 cm³/mol. The number of hydrogen-bond donors (Lipinski definition) is 0. The number of thiazole rings is 1. The number of benzene rings is 2. The van der Waals surface area contributed by atoms with Crippen molar-refractivity contribution in [3.63, 3.8) is 0 Å². The lowest BCUT2D eigenvalue weighted by Crippen LogP contribution is -2.31. The molecule has 11 heteroatoms. The van der Waals surface area contributed by atoms with Crippen LogP contribution in [-0.2, 0) is 6.54 Å². The Balaban J connectivity index is 1.88. The van der Waals surface area contributed by atoms with Crippen molar-refractivity contribution in [2.24, 2.45) is 0 Å². The smallest absolute Gasteiger partial charge is 0.286 e. The number of nitro groups is 1. The average Bonchev–Trinajstić information content (AvgIpc) is 3.30. The lowest BCUT2D eigenvalue weighted by atomic mass is 10.1. The van der Waals surface area contributed by atoms with Gasteiger partial charge < -0.3 is 14.2 Å². The highest BCUT2D eigenvalue weighted by atomic mass is 32.1. The number of amides is 1. The van der Waals surface area contributed by atoms with Crippen LogP contribution in [0, 0.1) is 10.1 Å². The summed E-state index contributed by atoms with van der Waals surface area (Å²) in [5.41, 5.74) is 0.760. The molecule has 0 aliphatic rings. The minimum absolute atomic E-state index is 0.0975. The summed E-state index contributed by atoms with van der Waals surface area (Å²) in [6.45, 7) is 0.0975. The van der Waals surface area contributed by atoms with E-state index in [1.54, 1.807) is 31.6 Å². The SMILES string of the molecule is COc1cc(C(=O)N(Cc2cccnc2)c2nc3c(OC)cccc3s2)c([N+](=O)[O-])cc1OC. The summed E-state index contributed by atoms with van der Waals surface area (Å²) in [6, 6.07) is 11.5. The number of ether oxygens (including phenoxy) is 3. The van der Waals surface area contributed by atoms with E-state index in [1.165, 1.54) is 42.6 Å². The maximum atomic E-state index is 13.8. The van der Waals surface area contributed by atoms with Crippen molar-refractivity contribution < 1.29 is 23.9 Å². The van der Waals surface area contributed by atoms with Crippen molar-refractivity contribution in [3.05, 3.63) is 76.1 Å². The number of methoxy groups -OCH3 is 3. The van der Waals surface area contributed by atoms with Gasteiger partial charge in [0.1, 0.15) is 16.8 Å². The lowest BCUT2D eigenvalue weighted by Gasteiger charge is -2.20. The summed E-state index contributed by atoms with van der Waals surface area (Å²) in [7, 11) is 4.30. The number of anilines is 1. The molecular weight excluding hydrogens is 460 g/mol. The molecule has 0 fully saturated rings. The van der Waals surface area contributed by atoms with Crippen LogP contribution in [-0.4, -0.2) is 42.1 Å². The number of carbonyl (C=O) groups excluding carboxylic acids is 1. The van der Waals surface area contributed by atoms with Gasteiger partial charge in [-0.1, -0.05) is 23.5 Å². The fourth-order valence-corrected chi connectivity index (χ4v) is 4.41. The number of carbonyl (C=O) groups is 1. The molecule has 0 aliphatic heterocycles. The Morgan fingerprint density at radius 3 is 2.44 bits per heavy atom. The molecular formula is C23H20N4O6S. The van der Waals surface area contributed by atoms with E-state index in [9.17, 15) is 14.9 Å². The number of hydrogen-bond acceptors (Lipinski definition) is 9. The van der Waals surface area contributed by atoms with Crippen molar-refractivity contribution in [2.75, 3.05) is 26.2 Å². The fourth-order valence-electron chi connectivity index (χ4n) is 3.43. The largest absolute Gasteiger partial charge is 0.494 e. The summed E-state index contributed by atoms with van der Waals surface area (Å²) in [6.07, 6.45) is 3.24. The molecule has 0 saturated heterocycles. The van der Waals surface area contributed by atoms with E-state index in [-0.39, 0.29) is 23.6 Å². The van der Waals surface area contributed by atoms with E-state index in [4.69, 9.17) is 14.2 Å². The maximum absolute atomic E-state index is 13.8. The molecule has 0 radical (unpaired) electrons. The highest BCUT2D eigenvalue weighted by Gasteiger charge is 2.30. The van der Waals surface area contributed by atoms with Crippen LogP contribution in [0.25, 0.3) is 10.2 Å². The Morgan fingerprint density at radius 2 is 1.79 bits per heavy atom. The second-order valence-corrected chi connectivity index (χ2v) is 8.05. The monoisotopic (exact) mass is 480 g/mol. The van der Waals surface area contributed by atoms with Gasteiger partial charge in [-0.05, 0) is 23.8 Å². The topological polar surface area (TPSA) is 117 Å². The zero-order valence-electron chi connectivity index (χ0n) is 18.5. The highest BCUT2D eigenvalue weighted by molar-refractivity contribution is 7.22. The molecule has 0 atom stereocenters. The number of pyridine rings is 1. The molecule has 4 rings (SSSR count). The third-order valence-corrected chi connectivity index (χ3v) is 6.10. The number of nitrogens with zero attached hydrogens (tertiary/aromatic N) is 4. The van der Waals surface area contributed by atoms with Crippen LogP contribution in [0.15, 0.2) is 54.9 Å². The number of aromatic nitrogens is 2. The van der Waals surface area contributed by atoms with E-state index in [2.05, 4.69) is 9.97 Å². The Labute approximate surface area is 198 Å². The first-order valence-electron chi connectivity index (χ1n) is 10.0. The third kappa shape index (κ3) is 4.33. The van der Waals surface area contributed by atoms with Gasteiger partial charge in [-0.2, -0.15) is 0 Å². The average molecular weight is 481 g/mol. The lowest BCUT2D eigenvalue weighted by molar-refractivity contribution is -0.385. The first-order valence-corrected chi connectivity index (χ1v) is 10.8. The molecule has 0 aliphatic carbocycles. The van der Waals surface area contributed by atoms with Gasteiger partial charge in [0.05, 0.1) is 43.6 Å². The molecule has 2 heterocycles. The first kappa shape index (κ1) is 22.9. The van der Waals surface area contributed by atoms with Gasteiger partial charge in [-0.15, -0.1) is 0 Å². The second kappa shape index (κ2) is 9.71. The molecule has 34 heavy (non-hydrogen) atoms. The number of nitro benzene ring substituents is 1. The normalized spacial score (nSPS) is 10.7. The van der Waals surface area contributed by atoms with E-state index >= 15 is 0 Å². The minimum atomic E-state index is -0.626. The Bertz CT molecular complexity index is 1360. The first-order chi connectivity index (χ1) is 16.5. The standard InChI is InChI=1S/C23H20N4O6S/c1-31-17-7-4-8-20-21(17)25-23(34-20)26(13-14-6-5-9-24-12-14)22(28)15-10-18(32-2)19(33-3)11-16(15)27(29)30/h4-12H,13H2,1-3H3. The fraction of sp³-hybridized carbons (Fsp3) is 0.174. The van der Waals surface area contributed by atoms with Crippen LogP contribution >= 0.6 is 11.3 Å². The van der Waals surface area contributed by atoms with E-state index in [1.807, 2.05) is 18.2 Å². The molecule has 2 aromatic carbocycles. The zero-order valence-corrected chi connectivity index (χ0v) is 19.4. The van der Waals surface area contributed by atoms with Crippen LogP contribution < -0.4 is 19.1 Å². The van der Waals surface area contributed by atoms with E-state index in [0.717, 1.165) is 10.3 Å². The van der Waals surface area contributed by atoms with Gasteiger partial charge >= 0.3 is 0 Å². The van der Waals surface area contributed by atoms with Crippen LogP contribution in [0.2, 0.25) is 0 Å². The van der Waals surface area contributed by atoms with Crippen LogP contribution in [0.4, 0.5) is 10.8 Å². The molecule has 0 spiro atoms. The number of para-hydroxylation sites is 1. The summed E-state index contributed by atoms with van der Waals surface area (Å²) in [5, 5.41) is 12.2.